The fourth-order valence-corrected chi connectivity index (χ4v) is 7.23. The van der Waals surface area contributed by atoms with Gasteiger partial charge in [0, 0.05) is 21.6 Å². The minimum Gasteiger partial charge on any atom is -0.478 e. The molecule has 0 bridgehead atoms. The highest BCUT2D eigenvalue weighted by Crippen LogP contribution is 2.47. The van der Waals surface area contributed by atoms with E-state index in [4.69, 9.17) is 0 Å². The maximum Gasteiger partial charge on any atom is 0.335 e. The molecule has 5 rings (SSSR count). The quantitative estimate of drug-likeness (QED) is 0.431. The Morgan fingerprint density at radius 2 is 1.65 bits per heavy atom. The highest BCUT2D eigenvalue weighted by atomic mass is 32.2. The molecule has 0 saturated heterocycles. The second-order valence-corrected chi connectivity index (χ2v) is 13.7. The summed E-state index contributed by atoms with van der Waals surface area (Å²) >= 11 is 1.57. The first-order valence-corrected chi connectivity index (χ1v) is 15.1. The molecule has 7 nitrogen and oxygen atoms in total. The highest BCUT2D eigenvalue weighted by Gasteiger charge is 2.32. The van der Waals surface area contributed by atoms with Crippen LogP contribution in [0.5, 0.6) is 0 Å². The highest BCUT2D eigenvalue weighted by molar-refractivity contribution is 7.92. The van der Waals surface area contributed by atoms with Crippen molar-refractivity contribution in [1.82, 2.24) is 0 Å². The molecule has 2 aliphatic rings. The van der Waals surface area contributed by atoms with Gasteiger partial charge >= 0.3 is 5.97 Å². The van der Waals surface area contributed by atoms with Crippen LogP contribution < -0.4 is 4.72 Å². The Hall–Kier alpha value is -2.69. The lowest BCUT2D eigenvalue weighted by Gasteiger charge is -2.16. The molecular weight excluding hydrogens is 494 g/mol. The van der Waals surface area contributed by atoms with E-state index in [1.54, 1.807) is 23.5 Å². The summed E-state index contributed by atoms with van der Waals surface area (Å²) in [6, 6.07) is 12.5. The number of nitrogens with one attached hydrogen (secondary N) is 1. The predicted molar refractivity (Wildman–Crippen MR) is 131 cm³/mol. The molecule has 178 valence electrons. The van der Waals surface area contributed by atoms with Gasteiger partial charge in [-0.25, -0.2) is 21.6 Å². The van der Waals surface area contributed by atoms with Gasteiger partial charge in [-0.2, -0.15) is 0 Å². The summed E-state index contributed by atoms with van der Waals surface area (Å²) in [4.78, 5) is 13.5. The Morgan fingerprint density at radius 1 is 0.941 bits per heavy atom. The third-order valence-corrected chi connectivity index (χ3v) is 9.92. The Balaban J connectivity index is 1.61. The van der Waals surface area contributed by atoms with E-state index < -0.39 is 25.8 Å². The number of rotatable bonds is 8. The first kappa shape index (κ1) is 23.1. The van der Waals surface area contributed by atoms with Gasteiger partial charge in [0.25, 0.3) is 10.0 Å². The standard InChI is InChI=1S/C24H23NO6S3/c1-33(28,29)17-7-9-19(22-11-10-21(32-22)15-4-5-15)20(13-17)25-34(30,31)23-12-16(24(26)27)6-8-18(23)14-2-3-14/h6-15,25H,2-5H2,1H3,(H,26,27). The molecule has 1 heterocycles. The smallest absolute Gasteiger partial charge is 0.335 e. The zero-order valence-electron chi connectivity index (χ0n) is 18.3. The zero-order chi connectivity index (χ0) is 24.3. The zero-order valence-corrected chi connectivity index (χ0v) is 20.8. The number of carboxylic acids is 1. The van der Waals surface area contributed by atoms with Crippen LogP contribution in [0, 0.1) is 0 Å². The van der Waals surface area contributed by atoms with Crippen LogP contribution in [-0.2, 0) is 19.9 Å². The Bertz CT molecular complexity index is 1510. The molecule has 1 aromatic heterocycles. The number of hydrogen-bond acceptors (Lipinski definition) is 6. The molecule has 0 spiro atoms. The van der Waals surface area contributed by atoms with Gasteiger partial charge in [-0.3, -0.25) is 4.72 Å². The van der Waals surface area contributed by atoms with Crippen molar-refractivity contribution >= 4 is 42.9 Å². The van der Waals surface area contributed by atoms with Crippen molar-refractivity contribution in [3.05, 3.63) is 64.5 Å². The van der Waals surface area contributed by atoms with Crippen LogP contribution in [0.4, 0.5) is 5.69 Å². The summed E-state index contributed by atoms with van der Waals surface area (Å²) in [7, 11) is -7.78. The Kier molecular flexibility index (Phi) is 5.57. The number of anilines is 1. The topological polar surface area (TPSA) is 118 Å². The van der Waals surface area contributed by atoms with Crippen LogP contribution in [-0.4, -0.2) is 34.2 Å². The summed E-state index contributed by atoms with van der Waals surface area (Å²) in [5.41, 5.74) is 1.18. The number of aromatic carboxylic acids is 1. The first-order chi connectivity index (χ1) is 16.0. The van der Waals surface area contributed by atoms with Crippen LogP contribution >= 0.6 is 11.3 Å². The maximum atomic E-state index is 13.5. The lowest BCUT2D eigenvalue weighted by Crippen LogP contribution is -2.17. The van der Waals surface area contributed by atoms with Crippen molar-refractivity contribution in [1.29, 1.82) is 0 Å². The predicted octanol–water partition coefficient (Wildman–Crippen LogP) is 5.07. The lowest BCUT2D eigenvalue weighted by molar-refractivity contribution is 0.0696. The van der Waals surface area contributed by atoms with Crippen molar-refractivity contribution < 1.29 is 26.7 Å². The molecular formula is C24H23NO6S3. The van der Waals surface area contributed by atoms with Gasteiger partial charge < -0.3 is 5.11 Å². The molecule has 2 aliphatic carbocycles. The molecule has 0 aliphatic heterocycles. The van der Waals surface area contributed by atoms with Crippen molar-refractivity contribution in [2.75, 3.05) is 11.0 Å². The summed E-state index contributed by atoms with van der Waals surface area (Å²) in [6.45, 7) is 0. The fourth-order valence-electron chi connectivity index (χ4n) is 3.97. The molecule has 2 fully saturated rings. The van der Waals surface area contributed by atoms with Gasteiger partial charge in [0.05, 0.1) is 21.0 Å². The molecule has 10 heteroatoms. The number of sulfonamides is 1. The maximum absolute atomic E-state index is 13.5. The third-order valence-electron chi connectivity index (χ3n) is 6.10. The average Bonchev–Trinajstić information content (AvgIpc) is 3.71. The van der Waals surface area contributed by atoms with Gasteiger partial charge in [-0.05, 0) is 79.5 Å². The van der Waals surface area contributed by atoms with Crippen molar-refractivity contribution in [2.24, 2.45) is 0 Å². The number of thiophene rings is 1. The average molecular weight is 518 g/mol. The van der Waals surface area contributed by atoms with E-state index in [0.717, 1.165) is 36.8 Å². The fraction of sp³-hybridized carbons (Fsp3) is 0.292. The Labute approximate surface area is 202 Å². The first-order valence-electron chi connectivity index (χ1n) is 10.9. The van der Waals surface area contributed by atoms with Gasteiger partial charge in [0.15, 0.2) is 9.84 Å². The van der Waals surface area contributed by atoms with Crippen LogP contribution in [0.25, 0.3) is 10.4 Å². The molecule has 0 radical (unpaired) electrons. The number of benzene rings is 2. The molecule has 0 atom stereocenters. The molecule has 34 heavy (non-hydrogen) atoms. The SMILES string of the molecule is CS(=O)(=O)c1ccc(-c2ccc(C3CC3)s2)c(NS(=O)(=O)c2cc(C(=O)O)ccc2C2CC2)c1. The molecule has 0 unspecified atom stereocenters. The molecule has 0 amide bonds. The number of carbonyl (C=O) groups is 1. The van der Waals surface area contributed by atoms with Gasteiger partial charge in [0.2, 0.25) is 0 Å². The van der Waals surface area contributed by atoms with Gasteiger partial charge in [-0.1, -0.05) is 12.1 Å². The summed E-state index contributed by atoms with van der Waals surface area (Å²) in [5.74, 6) is -0.617. The van der Waals surface area contributed by atoms with E-state index >= 15 is 0 Å². The summed E-state index contributed by atoms with van der Waals surface area (Å²) in [5, 5.41) is 9.40. The van der Waals surface area contributed by atoms with Crippen LogP contribution in [0.1, 0.15) is 58.3 Å². The van der Waals surface area contributed by atoms with Crippen LogP contribution in [0.2, 0.25) is 0 Å². The van der Waals surface area contributed by atoms with Crippen LogP contribution in [0.3, 0.4) is 0 Å². The lowest BCUT2D eigenvalue weighted by atomic mass is 10.1. The van der Waals surface area contributed by atoms with Crippen molar-refractivity contribution in [3.63, 3.8) is 0 Å². The Morgan fingerprint density at radius 3 is 2.26 bits per heavy atom. The molecule has 2 N–H and O–H groups in total. The molecule has 2 aromatic carbocycles. The van der Waals surface area contributed by atoms with Crippen molar-refractivity contribution in [2.45, 2.75) is 47.3 Å². The summed E-state index contributed by atoms with van der Waals surface area (Å²) < 4.78 is 54.1. The van der Waals surface area contributed by atoms with E-state index in [-0.39, 0.29) is 27.0 Å². The number of carboxylic acid groups (broad SMARTS) is 1. The van der Waals surface area contributed by atoms with E-state index in [2.05, 4.69) is 4.72 Å². The third kappa shape index (κ3) is 4.62. The van der Waals surface area contributed by atoms with E-state index in [9.17, 15) is 26.7 Å². The van der Waals surface area contributed by atoms with Crippen LogP contribution in [0.15, 0.2) is 58.3 Å². The van der Waals surface area contributed by atoms with Crippen molar-refractivity contribution in [3.8, 4) is 10.4 Å². The number of hydrogen-bond donors (Lipinski definition) is 2. The monoisotopic (exact) mass is 517 g/mol. The second kappa shape index (κ2) is 8.21. The second-order valence-electron chi connectivity index (χ2n) is 8.89. The van der Waals surface area contributed by atoms with Gasteiger partial charge in [0.1, 0.15) is 0 Å². The van der Waals surface area contributed by atoms with E-state index in [0.29, 0.717) is 17.0 Å². The number of sulfone groups is 1. The van der Waals surface area contributed by atoms with E-state index in [1.165, 1.54) is 29.1 Å². The summed E-state index contributed by atoms with van der Waals surface area (Å²) in [6.07, 6.45) is 5.01. The van der Waals surface area contributed by atoms with Gasteiger partial charge in [-0.15, -0.1) is 11.3 Å². The normalized spacial score (nSPS) is 16.4. The molecule has 2 saturated carbocycles. The minimum atomic E-state index is -4.20. The molecule has 3 aromatic rings. The van der Waals surface area contributed by atoms with E-state index in [1.807, 2.05) is 12.1 Å². The largest absolute Gasteiger partial charge is 0.478 e. The minimum absolute atomic E-state index is 0.00498.